The Morgan fingerprint density at radius 3 is 2.44 bits per heavy atom. The van der Waals surface area contributed by atoms with E-state index in [0.717, 1.165) is 81.1 Å². The summed E-state index contributed by atoms with van der Waals surface area (Å²) in [5.74, 6) is 2.79. The van der Waals surface area contributed by atoms with Crippen molar-refractivity contribution < 1.29 is 9.59 Å². The summed E-state index contributed by atoms with van der Waals surface area (Å²) in [5.41, 5.74) is 2.11. The first kappa shape index (κ1) is 23.0. The Hall–Kier alpha value is -2.22. The first-order valence-electron chi connectivity index (χ1n) is 12.2. The molecule has 0 aliphatic carbocycles. The van der Waals surface area contributed by atoms with Crippen LogP contribution in [0.1, 0.15) is 69.1 Å². The SMILES string of the molecule is CC(=O)N1CCc2nc(C3CCCCN3CC(=O)N3CCC(C)CC3)nc(N(C)C)c2C1. The maximum absolute atomic E-state index is 13.1. The number of carbonyl (C=O) groups excluding carboxylic acids is 2. The van der Waals surface area contributed by atoms with Gasteiger partial charge in [0.1, 0.15) is 11.6 Å². The molecule has 0 bridgehead atoms. The van der Waals surface area contributed by atoms with Gasteiger partial charge in [0.05, 0.1) is 24.8 Å². The van der Waals surface area contributed by atoms with Crippen molar-refractivity contribution in [1.29, 1.82) is 0 Å². The van der Waals surface area contributed by atoms with Gasteiger partial charge in [0.25, 0.3) is 0 Å². The average Bonchev–Trinajstić information content (AvgIpc) is 2.78. The number of piperidine rings is 2. The molecule has 8 nitrogen and oxygen atoms in total. The molecule has 8 heteroatoms. The molecule has 1 aromatic heterocycles. The quantitative estimate of drug-likeness (QED) is 0.712. The van der Waals surface area contributed by atoms with E-state index in [1.807, 2.05) is 28.8 Å². The van der Waals surface area contributed by atoms with E-state index >= 15 is 0 Å². The molecule has 32 heavy (non-hydrogen) atoms. The Labute approximate surface area is 192 Å². The molecule has 1 aromatic rings. The van der Waals surface area contributed by atoms with Gasteiger partial charge in [0, 0.05) is 52.6 Å². The summed E-state index contributed by atoms with van der Waals surface area (Å²) in [6, 6.07) is 0.0752. The van der Waals surface area contributed by atoms with Gasteiger partial charge in [-0.2, -0.15) is 0 Å². The van der Waals surface area contributed by atoms with Crippen LogP contribution < -0.4 is 4.90 Å². The van der Waals surface area contributed by atoms with Crippen LogP contribution >= 0.6 is 0 Å². The summed E-state index contributed by atoms with van der Waals surface area (Å²) in [4.78, 5) is 43.2. The Morgan fingerprint density at radius 1 is 1.00 bits per heavy atom. The van der Waals surface area contributed by atoms with Gasteiger partial charge in [-0.15, -0.1) is 0 Å². The molecular weight excluding hydrogens is 404 g/mol. The fourth-order valence-electron chi connectivity index (χ4n) is 5.21. The molecule has 4 heterocycles. The van der Waals surface area contributed by atoms with Crippen molar-refractivity contribution in [3.63, 3.8) is 0 Å². The highest BCUT2D eigenvalue weighted by molar-refractivity contribution is 5.78. The van der Waals surface area contributed by atoms with Crippen molar-refractivity contribution >= 4 is 17.6 Å². The van der Waals surface area contributed by atoms with Crippen LogP contribution in [0, 0.1) is 5.92 Å². The van der Waals surface area contributed by atoms with E-state index in [9.17, 15) is 9.59 Å². The van der Waals surface area contributed by atoms with Gasteiger partial charge in [-0.3, -0.25) is 14.5 Å². The smallest absolute Gasteiger partial charge is 0.236 e. The van der Waals surface area contributed by atoms with Gasteiger partial charge in [-0.1, -0.05) is 13.3 Å². The predicted octanol–water partition coefficient (Wildman–Crippen LogP) is 2.23. The second kappa shape index (κ2) is 9.73. The third kappa shape index (κ3) is 4.90. The highest BCUT2D eigenvalue weighted by Crippen LogP contribution is 2.33. The lowest BCUT2D eigenvalue weighted by Crippen LogP contribution is -2.46. The lowest BCUT2D eigenvalue weighted by Gasteiger charge is -2.38. The van der Waals surface area contributed by atoms with Crippen LogP contribution in [0.3, 0.4) is 0 Å². The van der Waals surface area contributed by atoms with Gasteiger partial charge in [-0.25, -0.2) is 9.97 Å². The fraction of sp³-hybridized carbons (Fsp3) is 0.750. The first-order valence-corrected chi connectivity index (χ1v) is 12.2. The van der Waals surface area contributed by atoms with E-state index in [4.69, 9.17) is 9.97 Å². The van der Waals surface area contributed by atoms with Crippen LogP contribution in [0.4, 0.5) is 5.82 Å². The zero-order valence-electron chi connectivity index (χ0n) is 20.1. The van der Waals surface area contributed by atoms with E-state index in [1.165, 1.54) is 0 Å². The molecule has 1 atom stereocenters. The molecule has 0 radical (unpaired) electrons. The number of amides is 2. The number of hydrogen-bond acceptors (Lipinski definition) is 6. The number of aromatic nitrogens is 2. The molecular formula is C24H38N6O2. The van der Waals surface area contributed by atoms with Crippen LogP contribution in [0.5, 0.6) is 0 Å². The van der Waals surface area contributed by atoms with Gasteiger partial charge < -0.3 is 14.7 Å². The van der Waals surface area contributed by atoms with E-state index < -0.39 is 0 Å². The van der Waals surface area contributed by atoms with Gasteiger partial charge in [0.2, 0.25) is 11.8 Å². The van der Waals surface area contributed by atoms with Crippen LogP contribution in [0.15, 0.2) is 0 Å². The standard InChI is InChI=1S/C24H38N6O2/c1-17-8-12-28(13-9-17)22(32)16-30-11-6-5-7-21(30)23-25-20-10-14-29(18(2)31)15-19(20)24(26-23)27(3)4/h17,21H,5-16H2,1-4H3. The molecule has 2 saturated heterocycles. The summed E-state index contributed by atoms with van der Waals surface area (Å²) in [5, 5.41) is 0. The molecule has 2 fully saturated rings. The second-order valence-electron chi connectivity index (χ2n) is 9.96. The first-order chi connectivity index (χ1) is 15.3. The number of likely N-dealkylation sites (tertiary alicyclic amines) is 2. The fourth-order valence-corrected chi connectivity index (χ4v) is 5.21. The highest BCUT2D eigenvalue weighted by Gasteiger charge is 2.32. The molecule has 2 amide bonds. The Morgan fingerprint density at radius 2 is 1.75 bits per heavy atom. The van der Waals surface area contributed by atoms with Crippen molar-refractivity contribution in [2.24, 2.45) is 5.92 Å². The molecule has 0 spiro atoms. The maximum atomic E-state index is 13.1. The van der Waals surface area contributed by atoms with E-state index in [-0.39, 0.29) is 17.9 Å². The summed E-state index contributed by atoms with van der Waals surface area (Å²) in [6.45, 7) is 8.29. The lowest BCUT2D eigenvalue weighted by molar-refractivity contribution is -0.134. The van der Waals surface area contributed by atoms with Gasteiger partial charge in [-0.05, 0) is 38.1 Å². The van der Waals surface area contributed by atoms with Crippen molar-refractivity contribution in [1.82, 2.24) is 24.7 Å². The minimum absolute atomic E-state index is 0.0752. The molecule has 0 saturated carbocycles. The number of fused-ring (bicyclic) bond motifs is 1. The van der Waals surface area contributed by atoms with Crippen molar-refractivity contribution in [2.75, 3.05) is 51.7 Å². The third-order valence-corrected chi connectivity index (χ3v) is 7.31. The summed E-state index contributed by atoms with van der Waals surface area (Å²) < 4.78 is 0. The van der Waals surface area contributed by atoms with Crippen LogP contribution in [-0.2, 0) is 22.6 Å². The predicted molar refractivity (Wildman–Crippen MR) is 124 cm³/mol. The van der Waals surface area contributed by atoms with E-state index in [1.54, 1.807) is 6.92 Å². The monoisotopic (exact) mass is 442 g/mol. The summed E-state index contributed by atoms with van der Waals surface area (Å²) in [7, 11) is 4.00. The zero-order valence-corrected chi connectivity index (χ0v) is 20.1. The van der Waals surface area contributed by atoms with Crippen LogP contribution in [0.25, 0.3) is 0 Å². The lowest BCUT2D eigenvalue weighted by atomic mass is 9.98. The minimum Gasteiger partial charge on any atom is -0.362 e. The van der Waals surface area contributed by atoms with Crippen molar-refractivity contribution in [3.05, 3.63) is 17.1 Å². The van der Waals surface area contributed by atoms with Crippen LogP contribution in [-0.4, -0.2) is 83.3 Å². The number of anilines is 1. The number of rotatable bonds is 4. The molecule has 0 aromatic carbocycles. The van der Waals surface area contributed by atoms with Gasteiger partial charge in [0.15, 0.2) is 0 Å². The summed E-state index contributed by atoms with van der Waals surface area (Å²) in [6.07, 6.45) is 6.18. The van der Waals surface area contributed by atoms with E-state index in [2.05, 4.69) is 11.8 Å². The molecule has 4 rings (SSSR count). The molecule has 3 aliphatic rings. The summed E-state index contributed by atoms with van der Waals surface area (Å²) >= 11 is 0. The average molecular weight is 443 g/mol. The largest absolute Gasteiger partial charge is 0.362 e. The van der Waals surface area contributed by atoms with Gasteiger partial charge >= 0.3 is 0 Å². The number of nitrogens with zero attached hydrogens (tertiary/aromatic N) is 6. The Kier molecular flexibility index (Phi) is 6.98. The van der Waals surface area contributed by atoms with Crippen molar-refractivity contribution in [2.45, 2.75) is 65.0 Å². The highest BCUT2D eigenvalue weighted by atomic mass is 16.2. The minimum atomic E-state index is 0.0752. The maximum Gasteiger partial charge on any atom is 0.236 e. The van der Waals surface area contributed by atoms with Crippen molar-refractivity contribution in [3.8, 4) is 0 Å². The van der Waals surface area contributed by atoms with Crippen LogP contribution in [0.2, 0.25) is 0 Å². The Bertz CT molecular complexity index is 849. The number of hydrogen-bond donors (Lipinski definition) is 0. The molecule has 1 unspecified atom stereocenters. The molecule has 176 valence electrons. The molecule has 0 N–H and O–H groups in total. The zero-order chi connectivity index (χ0) is 22.8. The molecule has 3 aliphatic heterocycles. The number of carbonyl (C=O) groups is 2. The van der Waals surface area contributed by atoms with E-state index in [0.29, 0.717) is 25.6 Å². The Balaban J connectivity index is 1.56. The normalized spacial score (nSPS) is 22.6. The second-order valence-corrected chi connectivity index (χ2v) is 9.96. The topological polar surface area (TPSA) is 72.9 Å². The third-order valence-electron chi connectivity index (χ3n) is 7.31.